The number of hydrogen-bond donors (Lipinski definition) is 1. The summed E-state index contributed by atoms with van der Waals surface area (Å²) < 4.78 is 1.97. The van der Waals surface area contributed by atoms with Crippen molar-refractivity contribution in [1.82, 2.24) is 19.3 Å². The van der Waals surface area contributed by atoms with Gasteiger partial charge >= 0.3 is 6.09 Å². The van der Waals surface area contributed by atoms with E-state index in [-0.39, 0.29) is 0 Å². The van der Waals surface area contributed by atoms with Gasteiger partial charge in [0, 0.05) is 25.4 Å². The van der Waals surface area contributed by atoms with Gasteiger partial charge in [0.1, 0.15) is 11.4 Å². The van der Waals surface area contributed by atoms with Crippen LogP contribution in [0.3, 0.4) is 0 Å². The highest BCUT2D eigenvalue weighted by atomic mass is 16.4. The van der Waals surface area contributed by atoms with E-state index in [9.17, 15) is 9.90 Å². The molecule has 0 radical (unpaired) electrons. The maximum Gasteiger partial charge on any atom is 0.408 e. The Labute approximate surface area is 145 Å². The lowest BCUT2D eigenvalue weighted by molar-refractivity contribution is 0.0384. The topological polar surface area (TPSA) is 70.7 Å². The van der Waals surface area contributed by atoms with Crippen LogP contribution < -0.4 is 0 Å². The molecule has 0 spiro atoms. The lowest BCUT2D eigenvalue weighted by atomic mass is 9.80. The monoisotopic (exact) mass is 336 g/mol. The molecule has 1 atom stereocenters. The molecule has 0 bridgehead atoms. The summed E-state index contributed by atoms with van der Waals surface area (Å²) in [6.07, 6.45) is 9.44. The molecule has 6 nitrogen and oxygen atoms in total. The van der Waals surface area contributed by atoms with Gasteiger partial charge in [0.25, 0.3) is 0 Å². The van der Waals surface area contributed by atoms with Gasteiger partial charge in [-0.3, -0.25) is 14.3 Å². The molecule has 1 aliphatic heterocycles. The van der Waals surface area contributed by atoms with Crippen LogP contribution in [0.4, 0.5) is 4.79 Å². The number of rotatable bonds is 3. The van der Waals surface area contributed by atoms with Crippen molar-refractivity contribution in [2.45, 2.75) is 31.2 Å². The molecule has 1 N–H and O–H groups in total. The second-order valence-corrected chi connectivity index (χ2v) is 6.54. The van der Waals surface area contributed by atoms with Gasteiger partial charge in [0.05, 0.1) is 17.9 Å². The number of fused-ring (bicyclic) bond motifs is 1. The average molecular weight is 336 g/mol. The molecule has 1 aromatic carbocycles. The Hall–Kier alpha value is -2.89. The lowest BCUT2D eigenvalue weighted by Gasteiger charge is -2.45. The van der Waals surface area contributed by atoms with Gasteiger partial charge < -0.3 is 5.11 Å². The number of amides is 1. The molecule has 1 saturated heterocycles. The molecule has 0 unspecified atom stereocenters. The Balaban J connectivity index is 1.90. The Morgan fingerprint density at radius 3 is 2.84 bits per heavy atom. The van der Waals surface area contributed by atoms with Crippen LogP contribution in [-0.2, 0) is 12.0 Å². The number of imidazole rings is 1. The lowest BCUT2D eigenvalue weighted by Crippen LogP contribution is -2.54. The van der Waals surface area contributed by atoms with Gasteiger partial charge in [-0.05, 0) is 24.8 Å². The zero-order valence-corrected chi connectivity index (χ0v) is 13.9. The van der Waals surface area contributed by atoms with Crippen molar-refractivity contribution in [1.29, 1.82) is 0 Å². The summed E-state index contributed by atoms with van der Waals surface area (Å²) in [5, 5.41) is 9.90. The number of aromatic nitrogens is 3. The zero-order chi connectivity index (χ0) is 17.3. The minimum atomic E-state index is -0.888. The highest BCUT2D eigenvalue weighted by Crippen LogP contribution is 2.40. The predicted molar refractivity (Wildman–Crippen MR) is 93.4 cm³/mol. The van der Waals surface area contributed by atoms with Gasteiger partial charge in [0.2, 0.25) is 0 Å². The zero-order valence-electron chi connectivity index (χ0n) is 13.9. The fourth-order valence-electron chi connectivity index (χ4n) is 3.94. The Kier molecular flexibility index (Phi) is 3.87. The van der Waals surface area contributed by atoms with E-state index in [2.05, 4.69) is 9.97 Å². The van der Waals surface area contributed by atoms with E-state index in [1.807, 2.05) is 40.9 Å². The van der Waals surface area contributed by atoms with Crippen molar-refractivity contribution in [3.8, 4) is 0 Å². The number of benzene rings is 1. The van der Waals surface area contributed by atoms with Crippen molar-refractivity contribution >= 4 is 11.6 Å². The molecule has 25 heavy (non-hydrogen) atoms. The molecule has 0 saturated carbocycles. The van der Waals surface area contributed by atoms with Crippen molar-refractivity contribution in [2.24, 2.45) is 0 Å². The predicted octanol–water partition coefficient (Wildman–Crippen LogP) is 3.33. The Morgan fingerprint density at radius 1 is 1.20 bits per heavy atom. The number of piperidine rings is 1. The molecular weight excluding hydrogens is 316 g/mol. The summed E-state index contributed by atoms with van der Waals surface area (Å²) in [6.45, 7) is 0.530. The normalized spacial score (nSPS) is 20.7. The first-order valence-electron chi connectivity index (χ1n) is 8.53. The van der Waals surface area contributed by atoms with Crippen molar-refractivity contribution in [3.05, 3.63) is 66.5 Å². The maximum absolute atomic E-state index is 12.1. The van der Waals surface area contributed by atoms with E-state index in [0.29, 0.717) is 13.0 Å². The molecule has 2 aromatic heterocycles. The van der Waals surface area contributed by atoms with Gasteiger partial charge in [-0.25, -0.2) is 9.78 Å². The first kappa shape index (κ1) is 15.6. The van der Waals surface area contributed by atoms with E-state index in [1.54, 1.807) is 23.5 Å². The van der Waals surface area contributed by atoms with E-state index in [4.69, 9.17) is 0 Å². The second kappa shape index (κ2) is 6.20. The first-order valence-corrected chi connectivity index (χ1v) is 8.53. The maximum atomic E-state index is 12.1. The third-order valence-electron chi connectivity index (χ3n) is 5.06. The number of nitrogens with zero attached hydrogens (tertiary/aromatic N) is 4. The summed E-state index contributed by atoms with van der Waals surface area (Å²) in [5.41, 5.74) is 1.32. The Bertz CT molecular complexity index is 893. The molecule has 4 rings (SSSR count). The Morgan fingerprint density at radius 2 is 2.04 bits per heavy atom. The quantitative estimate of drug-likeness (QED) is 0.796. The van der Waals surface area contributed by atoms with Gasteiger partial charge in [-0.15, -0.1) is 0 Å². The molecule has 1 aliphatic rings. The highest BCUT2D eigenvalue weighted by molar-refractivity contribution is 5.67. The fourth-order valence-corrected chi connectivity index (χ4v) is 3.94. The molecule has 6 heteroatoms. The minimum Gasteiger partial charge on any atom is -0.465 e. The van der Waals surface area contributed by atoms with E-state index in [1.165, 1.54) is 0 Å². The van der Waals surface area contributed by atoms with Gasteiger partial charge in [0.15, 0.2) is 0 Å². The van der Waals surface area contributed by atoms with Crippen LogP contribution in [0.15, 0.2) is 55.1 Å². The van der Waals surface area contributed by atoms with Crippen molar-refractivity contribution in [2.75, 3.05) is 6.54 Å². The summed E-state index contributed by atoms with van der Waals surface area (Å²) in [6, 6.07) is 10.1. The number of hydrogen-bond acceptors (Lipinski definition) is 3. The number of likely N-dealkylation sites (tertiary alicyclic amines) is 1. The third kappa shape index (κ3) is 2.63. The summed E-state index contributed by atoms with van der Waals surface area (Å²) >= 11 is 0. The highest BCUT2D eigenvalue weighted by Gasteiger charge is 2.46. The molecular formula is C19H20N4O2. The minimum absolute atomic E-state index is 0.530. The van der Waals surface area contributed by atoms with Crippen LogP contribution in [0.1, 0.15) is 30.7 Å². The molecule has 128 valence electrons. The van der Waals surface area contributed by atoms with Crippen LogP contribution in [0, 0.1) is 0 Å². The largest absolute Gasteiger partial charge is 0.465 e. The summed E-state index contributed by atoms with van der Waals surface area (Å²) in [7, 11) is 0. The number of carboxylic acid groups (broad SMARTS) is 1. The van der Waals surface area contributed by atoms with Crippen LogP contribution in [-0.4, -0.2) is 37.0 Å². The van der Waals surface area contributed by atoms with Crippen LogP contribution in [0.5, 0.6) is 0 Å². The van der Waals surface area contributed by atoms with Crippen LogP contribution in [0.2, 0.25) is 0 Å². The van der Waals surface area contributed by atoms with E-state index in [0.717, 1.165) is 36.2 Å². The molecule has 3 heterocycles. The molecule has 1 amide bonds. The van der Waals surface area contributed by atoms with Crippen LogP contribution in [0.25, 0.3) is 5.52 Å². The van der Waals surface area contributed by atoms with Gasteiger partial charge in [-0.1, -0.05) is 30.3 Å². The second-order valence-electron chi connectivity index (χ2n) is 6.54. The SMILES string of the molecule is O=C(O)N1CCCC[C@]1(Cc1ccccc1)c1ncc2cnccn12. The van der Waals surface area contributed by atoms with Gasteiger partial charge in [-0.2, -0.15) is 0 Å². The van der Waals surface area contributed by atoms with E-state index < -0.39 is 11.6 Å². The fraction of sp³-hybridized carbons (Fsp3) is 0.316. The van der Waals surface area contributed by atoms with Crippen molar-refractivity contribution in [3.63, 3.8) is 0 Å². The smallest absolute Gasteiger partial charge is 0.408 e. The average Bonchev–Trinajstić information content (AvgIpc) is 3.07. The third-order valence-corrected chi connectivity index (χ3v) is 5.06. The molecule has 3 aromatic rings. The van der Waals surface area contributed by atoms with E-state index >= 15 is 0 Å². The van der Waals surface area contributed by atoms with Crippen molar-refractivity contribution < 1.29 is 9.90 Å². The first-order chi connectivity index (χ1) is 12.2. The van der Waals surface area contributed by atoms with Crippen LogP contribution >= 0.6 is 0 Å². The summed E-state index contributed by atoms with van der Waals surface area (Å²) in [5.74, 6) is 0.774. The molecule has 1 fully saturated rings. The summed E-state index contributed by atoms with van der Waals surface area (Å²) in [4.78, 5) is 22.4. The molecule has 0 aliphatic carbocycles. The number of carbonyl (C=O) groups is 1. The standard InChI is InChI=1S/C19H20N4O2/c24-18(25)23-10-5-4-8-19(23,12-15-6-2-1-3-7-15)17-21-14-16-13-20-9-11-22(16)17/h1-3,6-7,9,11,13-14H,4-5,8,10,12H2,(H,24,25)/t19-/m0/s1.